The largest absolute Gasteiger partial charge is 0.367 e. The number of rotatable bonds is 2. The summed E-state index contributed by atoms with van der Waals surface area (Å²) in [4.78, 5) is 16.2. The van der Waals surface area contributed by atoms with Crippen LogP contribution < -0.4 is 4.90 Å². The Morgan fingerprint density at radius 2 is 1.71 bits per heavy atom. The van der Waals surface area contributed by atoms with Gasteiger partial charge in [-0.25, -0.2) is 0 Å². The van der Waals surface area contributed by atoms with Crippen molar-refractivity contribution in [3.05, 3.63) is 29.3 Å². The maximum atomic E-state index is 11.8. The van der Waals surface area contributed by atoms with Crippen LogP contribution in [0, 0.1) is 6.92 Å². The molecule has 3 heteroatoms. The van der Waals surface area contributed by atoms with Gasteiger partial charge < -0.3 is 9.80 Å². The molecule has 1 fully saturated rings. The first-order chi connectivity index (χ1) is 9.79. The van der Waals surface area contributed by atoms with Gasteiger partial charge in [-0.05, 0) is 49.9 Å². The van der Waals surface area contributed by atoms with E-state index in [1.54, 1.807) is 6.92 Å². The predicted molar refractivity (Wildman–Crippen MR) is 88.9 cm³/mol. The highest BCUT2D eigenvalue weighted by molar-refractivity contribution is 5.74. The quantitative estimate of drug-likeness (QED) is 0.830. The van der Waals surface area contributed by atoms with Crippen LogP contribution in [0.1, 0.15) is 51.7 Å². The van der Waals surface area contributed by atoms with E-state index in [9.17, 15) is 4.79 Å². The lowest BCUT2D eigenvalue weighted by molar-refractivity contribution is -0.133. The summed E-state index contributed by atoms with van der Waals surface area (Å²) in [5.41, 5.74) is 3.99. The van der Waals surface area contributed by atoms with Gasteiger partial charge in [0.2, 0.25) is 5.91 Å². The number of hydrogen-bond acceptors (Lipinski definition) is 2. The maximum Gasteiger partial charge on any atom is 0.220 e. The van der Waals surface area contributed by atoms with E-state index in [0.29, 0.717) is 5.92 Å². The van der Waals surface area contributed by atoms with E-state index in [1.165, 1.54) is 16.8 Å². The van der Waals surface area contributed by atoms with E-state index in [4.69, 9.17) is 0 Å². The molecule has 0 saturated carbocycles. The Morgan fingerprint density at radius 1 is 1.14 bits per heavy atom. The molecule has 116 valence electrons. The van der Waals surface area contributed by atoms with E-state index >= 15 is 0 Å². The fourth-order valence-corrected chi connectivity index (χ4v) is 3.46. The number of carbonyl (C=O) groups is 1. The van der Waals surface area contributed by atoms with E-state index < -0.39 is 0 Å². The van der Waals surface area contributed by atoms with Crippen LogP contribution in [0.3, 0.4) is 0 Å². The molecule has 0 unspecified atom stereocenters. The fraction of sp³-hybridized carbons (Fsp3) is 0.611. The van der Waals surface area contributed by atoms with Crippen LogP contribution in [0.15, 0.2) is 18.2 Å². The fourth-order valence-electron chi connectivity index (χ4n) is 3.46. The second kappa shape index (κ2) is 6.08. The molecule has 0 N–H and O–H groups in total. The van der Waals surface area contributed by atoms with Gasteiger partial charge in [0.15, 0.2) is 0 Å². The summed E-state index contributed by atoms with van der Waals surface area (Å²) in [6, 6.07) is 7.35. The van der Waals surface area contributed by atoms with E-state index in [0.717, 1.165) is 13.1 Å². The summed E-state index contributed by atoms with van der Waals surface area (Å²) in [6.45, 7) is 14.4. The highest BCUT2D eigenvalue weighted by Crippen LogP contribution is 2.27. The summed E-state index contributed by atoms with van der Waals surface area (Å²) in [5, 5.41) is 0. The number of amides is 1. The number of anilines is 1. The minimum absolute atomic E-state index is 0.182. The van der Waals surface area contributed by atoms with Gasteiger partial charge in [-0.1, -0.05) is 19.9 Å². The second-order valence-electron chi connectivity index (χ2n) is 6.79. The Labute approximate surface area is 128 Å². The summed E-state index contributed by atoms with van der Waals surface area (Å²) in [7, 11) is 0. The number of hydrogen-bond donors (Lipinski definition) is 0. The van der Waals surface area contributed by atoms with Crippen molar-refractivity contribution in [2.45, 2.75) is 59.5 Å². The van der Waals surface area contributed by atoms with Crippen LogP contribution in [-0.4, -0.2) is 36.0 Å². The summed E-state index contributed by atoms with van der Waals surface area (Å²) >= 11 is 0. The molecule has 0 aliphatic carbocycles. The molecular formula is C18H28N2O. The number of piperazine rings is 1. The molecular weight excluding hydrogens is 260 g/mol. The van der Waals surface area contributed by atoms with Gasteiger partial charge in [-0.3, -0.25) is 4.79 Å². The van der Waals surface area contributed by atoms with Crippen LogP contribution in [0.25, 0.3) is 0 Å². The van der Waals surface area contributed by atoms with Crippen molar-refractivity contribution in [1.82, 2.24) is 4.90 Å². The van der Waals surface area contributed by atoms with Crippen molar-refractivity contribution in [2.24, 2.45) is 0 Å². The number of nitrogens with zero attached hydrogens (tertiary/aromatic N) is 2. The van der Waals surface area contributed by atoms with Crippen LogP contribution in [-0.2, 0) is 4.79 Å². The SMILES string of the molecule is CC(=O)N1[C@H](C)CN(c2cc(C)cc(C(C)C)c2)C[C@@H]1C. The minimum atomic E-state index is 0.182. The molecule has 1 heterocycles. The number of aryl methyl sites for hydroxylation is 1. The van der Waals surface area contributed by atoms with Crippen molar-refractivity contribution in [3.8, 4) is 0 Å². The Morgan fingerprint density at radius 3 is 2.19 bits per heavy atom. The van der Waals surface area contributed by atoms with Gasteiger partial charge in [-0.15, -0.1) is 0 Å². The van der Waals surface area contributed by atoms with Crippen LogP contribution in [0.2, 0.25) is 0 Å². The van der Waals surface area contributed by atoms with Crippen molar-refractivity contribution in [3.63, 3.8) is 0 Å². The number of benzene rings is 1. The van der Waals surface area contributed by atoms with E-state index in [1.807, 2.05) is 4.90 Å². The first kappa shape index (κ1) is 15.9. The zero-order valence-corrected chi connectivity index (χ0v) is 14.2. The van der Waals surface area contributed by atoms with Gasteiger partial charge >= 0.3 is 0 Å². The summed E-state index contributed by atoms with van der Waals surface area (Å²) in [6.07, 6.45) is 0. The lowest BCUT2D eigenvalue weighted by Gasteiger charge is -2.45. The van der Waals surface area contributed by atoms with Gasteiger partial charge in [-0.2, -0.15) is 0 Å². The molecule has 1 amide bonds. The average molecular weight is 288 g/mol. The molecule has 0 radical (unpaired) electrons. The van der Waals surface area contributed by atoms with Gasteiger partial charge in [0, 0.05) is 37.8 Å². The molecule has 0 aromatic heterocycles. The topological polar surface area (TPSA) is 23.6 Å². The lowest BCUT2D eigenvalue weighted by Crippen LogP contribution is -2.58. The first-order valence-electron chi connectivity index (χ1n) is 7.95. The Balaban J connectivity index is 2.26. The van der Waals surface area contributed by atoms with Gasteiger partial charge in [0.05, 0.1) is 0 Å². The molecule has 2 rings (SSSR count). The molecule has 1 aromatic carbocycles. The first-order valence-corrected chi connectivity index (χ1v) is 7.95. The van der Waals surface area contributed by atoms with Gasteiger partial charge in [0.25, 0.3) is 0 Å². The van der Waals surface area contributed by atoms with E-state index in [-0.39, 0.29) is 18.0 Å². The molecule has 2 atom stereocenters. The lowest BCUT2D eigenvalue weighted by atomic mass is 9.99. The third-order valence-electron chi connectivity index (χ3n) is 4.40. The Hall–Kier alpha value is -1.51. The zero-order valence-electron chi connectivity index (χ0n) is 14.2. The summed E-state index contributed by atoms with van der Waals surface area (Å²) in [5.74, 6) is 0.721. The smallest absolute Gasteiger partial charge is 0.220 e. The minimum Gasteiger partial charge on any atom is -0.367 e. The molecule has 0 spiro atoms. The molecule has 0 bridgehead atoms. The van der Waals surface area contributed by atoms with Crippen molar-refractivity contribution in [1.29, 1.82) is 0 Å². The number of carbonyl (C=O) groups excluding carboxylic acids is 1. The third kappa shape index (κ3) is 3.39. The standard InChI is InChI=1S/C18H28N2O/c1-12(2)17-7-13(3)8-18(9-17)19-10-14(4)20(16(6)21)15(5)11-19/h7-9,12,14-15H,10-11H2,1-6H3/t14-,15+. The molecule has 3 nitrogen and oxygen atoms in total. The molecule has 1 aromatic rings. The average Bonchev–Trinajstić information content (AvgIpc) is 2.36. The van der Waals surface area contributed by atoms with Crippen molar-refractivity contribution >= 4 is 11.6 Å². The predicted octanol–water partition coefficient (Wildman–Crippen LogP) is 3.56. The highest BCUT2D eigenvalue weighted by Gasteiger charge is 2.31. The van der Waals surface area contributed by atoms with Gasteiger partial charge in [0.1, 0.15) is 0 Å². The molecule has 1 aliphatic heterocycles. The molecule has 1 saturated heterocycles. The second-order valence-corrected chi connectivity index (χ2v) is 6.79. The third-order valence-corrected chi connectivity index (χ3v) is 4.40. The molecule has 1 aliphatic rings. The Bertz CT molecular complexity index is 512. The van der Waals surface area contributed by atoms with Crippen LogP contribution in [0.4, 0.5) is 5.69 Å². The monoisotopic (exact) mass is 288 g/mol. The van der Waals surface area contributed by atoms with E-state index in [2.05, 4.69) is 57.7 Å². The van der Waals surface area contributed by atoms with Crippen LogP contribution >= 0.6 is 0 Å². The normalized spacial score (nSPS) is 22.8. The van der Waals surface area contributed by atoms with Crippen molar-refractivity contribution in [2.75, 3.05) is 18.0 Å². The molecule has 21 heavy (non-hydrogen) atoms. The Kier molecular flexibility index (Phi) is 4.60. The highest BCUT2D eigenvalue weighted by atomic mass is 16.2. The summed E-state index contributed by atoms with van der Waals surface area (Å²) < 4.78 is 0. The maximum absolute atomic E-state index is 11.8. The van der Waals surface area contributed by atoms with Crippen molar-refractivity contribution < 1.29 is 4.79 Å². The van der Waals surface area contributed by atoms with Crippen LogP contribution in [0.5, 0.6) is 0 Å². The zero-order chi connectivity index (χ0) is 15.7.